The number of aliphatic hydroxyl groups is 1. The summed E-state index contributed by atoms with van der Waals surface area (Å²) in [6, 6.07) is 4.38. The number of halogens is 3. The summed E-state index contributed by atoms with van der Waals surface area (Å²) in [6.07, 6.45) is 2.25. The molecule has 2 aromatic rings. The van der Waals surface area contributed by atoms with Gasteiger partial charge in [0.1, 0.15) is 0 Å². The fourth-order valence-electron chi connectivity index (χ4n) is 3.78. The van der Waals surface area contributed by atoms with Crippen LogP contribution in [0.25, 0.3) is 0 Å². The molecule has 0 atom stereocenters. The van der Waals surface area contributed by atoms with Crippen molar-refractivity contribution in [2.45, 2.75) is 49.6 Å². The number of carbonyl (C=O) groups is 2. The van der Waals surface area contributed by atoms with E-state index in [1.54, 1.807) is 23.4 Å². The molecule has 0 aromatic heterocycles. The Balaban J connectivity index is 1.56. The lowest BCUT2D eigenvalue weighted by Gasteiger charge is -2.37. The van der Waals surface area contributed by atoms with Crippen molar-refractivity contribution in [3.8, 4) is 0 Å². The molecule has 1 heterocycles. The number of aryl methyl sites for hydroxylation is 1. The molecule has 0 spiro atoms. The van der Waals surface area contributed by atoms with Crippen LogP contribution in [-0.2, 0) is 0 Å². The number of carbonyl (C=O) groups excluding carboxylic acids is 2. The summed E-state index contributed by atoms with van der Waals surface area (Å²) in [5.41, 5.74) is 1.16. The molecule has 0 unspecified atom stereocenters. The molecule has 0 saturated heterocycles. The van der Waals surface area contributed by atoms with Crippen molar-refractivity contribution in [3.05, 3.63) is 52.8 Å². The average molecular weight is 451 g/mol. The fourth-order valence-corrected chi connectivity index (χ4v) is 4.86. The smallest absolute Gasteiger partial charge is 0.332 e. The van der Waals surface area contributed by atoms with Crippen molar-refractivity contribution in [3.63, 3.8) is 0 Å². The minimum absolute atomic E-state index is 0.0368. The molecule has 1 aliphatic heterocycles. The molecule has 0 bridgehead atoms. The van der Waals surface area contributed by atoms with Gasteiger partial charge in [-0.15, -0.1) is 0 Å². The number of hydrogen-bond acceptors (Lipinski definition) is 4. The minimum atomic E-state index is -1.61. The van der Waals surface area contributed by atoms with Crippen LogP contribution in [0.4, 0.5) is 29.3 Å². The predicted octanol–water partition coefficient (Wildman–Crippen LogP) is 4.82. The van der Waals surface area contributed by atoms with Gasteiger partial charge in [0.05, 0.1) is 16.7 Å². The maximum atomic E-state index is 13.4. The number of nitrogens with one attached hydrogen (secondary N) is 2. The number of benzene rings is 2. The highest BCUT2D eigenvalue weighted by Crippen LogP contribution is 2.40. The van der Waals surface area contributed by atoms with Crippen molar-refractivity contribution >= 4 is 35.3 Å². The molecule has 1 aliphatic carbocycles. The zero-order chi connectivity index (χ0) is 22.3. The Kier molecular flexibility index (Phi) is 5.85. The van der Waals surface area contributed by atoms with Gasteiger partial charge in [0.2, 0.25) is 0 Å². The van der Waals surface area contributed by atoms with Gasteiger partial charge in [-0.05, 0) is 62.3 Å². The first-order valence-corrected chi connectivity index (χ1v) is 10.6. The van der Waals surface area contributed by atoms with E-state index < -0.39 is 23.4 Å². The maximum absolute atomic E-state index is 13.4. The van der Waals surface area contributed by atoms with Crippen LogP contribution < -0.4 is 10.6 Å². The van der Waals surface area contributed by atoms with Crippen LogP contribution in [-0.4, -0.2) is 33.5 Å². The second-order valence-corrected chi connectivity index (χ2v) is 8.70. The second-order valence-electron chi connectivity index (χ2n) is 7.68. The van der Waals surface area contributed by atoms with Gasteiger partial charge in [-0.2, -0.15) is 0 Å². The summed E-state index contributed by atoms with van der Waals surface area (Å²) < 4.78 is 41.7. The summed E-state index contributed by atoms with van der Waals surface area (Å²) in [4.78, 5) is 25.9. The highest BCUT2D eigenvalue weighted by molar-refractivity contribution is 7.97. The van der Waals surface area contributed by atoms with Gasteiger partial charge < -0.3 is 15.7 Å². The molecule has 164 valence electrons. The van der Waals surface area contributed by atoms with Crippen LogP contribution in [0.3, 0.4) is 0 Å². The first-order valence-electron chi connectivity index (χ1n) is 9.79. The molecule has 10 heteroatoms. The second kappa shape index (κ2) is 8.43. The Labute approximate surface area is 180 Å². The molecule has 1 fully saturated rings. The molecule has 6 nitrogen and oxygen atoms in total. The van der Waals surface area contributed by atoms with E-state index in [1.165, 1.54) is 11.9 Å². The third-order valence-electron chi connectivity index (χ3n) is 5.45. The van der Waals surface area contributed by atoms with Gasteiger partial charge in [0.15, 0.2) is 17.5 Å². The van der Waals surface area contributed by atoms with Gasteiger partial charge in [-0.25, -0.2) is 18.0 Å². The molecular formula is C21H20F3N3O3S. The number of hydrogen-bond donors (Lipinski definition) is 3. The molecule has 3 N–H and O–H groups in total. The summed E-state index contributed by atoms with van der Waals surface area (Å²) in [7, 11) is 0. The summed E-state index contributed by atoms with van der Waals surface area (Å²) in [6.45, 7) is 1.67. The zero-order valence-electron chi connectivity index (χ0n) is 16.5. The van der Waals surface area contributed by atoms with E-state index in [4.69, 9.17) is 0 Å². The molecule has 3 amide bonds. The highest BCUT2D eigenvalue weighted by Gasteiger charge is 2.33. The van der Waals surface area contributed by atoms with Crippen LogP contribution in [0.15, 0.2) is 29.2 Å². The number of amides is 3. The third kappa shape index (κ3) is 4.35. The van der Waals surface area contributed by atoms with Crippen molar-refractivity contribution in [1.82, 2.24) is 4.31 Å². The fraction of sp³-hybridized carbons (Fsp3) is 0.333. The van der Waals surface area contributed by atoms with E-state index in [1.807, 2.05) is 0 Å². The Hall–Kier alpha value is -2.72. The molecule has 31 heavy (non-hydrogen) atoms. The van der Waals surface area contributed by atoms with E-state index in [2.05, 4.69) is 10.6 Å². The van der Waals surface area contributed by atoms with E-state index in [0.29, 0.717) is 54.0 Å². The van der Waals surface area contributed by atoms with E-state index in [-0.39, 0.29) is 29.4 Å². The number of nitrogens with zero attached hydrogens (tertiary/aromatic N) is 1. The van der Waals surface area contributed by atoms with E-state index in [9.17, 15) is 27.9 Å². The van der Waals surface area contributed by atoms with E-state index >= 15 is 0 Å². The Morgan fingerprint density at radius 2 is 1.77 bits per heavy atom. The van der Waals surface area contributed by atoms with Crippen LogP contribution in [0.1, 0.15) is 41.6 Å². The lowest BCUT2D eigenvalue weighted by atomic mass is 9.93. The quantitative estimate of drug-likeness (QED) is 0.462. The zero-order valence-corrected chi connectivity index (χ0v) is 17.4. The van der Waals surface area contributed by atoms with Crippen LogP contribution in [0.2, 0.25) is 0 Å². The van der Waals surface area contributed by atoms with Crippen LogP contribution in [0, 0.1) is 24.4 Å². The number of aliphatic hydroxyl groups excluding tert-OH is 1. The lowest BCUT2D eigenvalue weighted by molar-refractivity contribution is 0.102. The largest absolute Gasteiger partial charge is 0.393 e. The third-order valence-corrected chi connectivity index (χ3v) is 6.64. The first kappa shape index (κ1) is 21.5. The van der Waals surface area contributed by atoms with Gasteiger partial charge in [0.25, 0.3) is 5.91 Å². The van der Waals surface area contributed by atoms with Crippen molar-refractivity contribution in [2.75, 3.05) is 10.6 Å². The van der Waals surface area contributed by atoms with Crippen molar-refractivity contribution in [2.24, 2.45) is 0 Å². The van der Waals surface area contributed by atoms with Crippen LogP contribution in [0.5, 0.6) is 0 Å². The monoisotopic (exact) mass is 451 g/mol. The van der Waals surface area contributed by atoms with Gasteiger partial charge in [0, 0.05) is 29.4 Å². The number of rotatable bonds is 3. The molecule has 2 aliphatic rings. The van der Waals surface area contributed by atoms with Gasteiger partial charge in [-0.1, -0.05) is 0 Å². The summed E-state index contributed by atoms with van der Waals surface area (Å²) in [5, 5.41) is 14.9. The van der Waals surface area contributed by atoms with Crippen molar-refractivity contribution in [1.29, 1.82) is 0 Å². The maximum Gasteiger partial charge on any atom is 0.332 e. The SMILES string of the molecule is Cc1cc2c(cc1C(=O)Nc1cc(F)c(F)c(F)c1)SN(C1CCC(O)CC1)C(=O)N2. The van der Waals surface area contributed by atoms with E-state index in [0.717, 1.165) is 0 Å². The predicted molar refractivity (Wildman–Crippen MR) is 110 cm³/mol. The van der Waals surface area contributed by atoms with Crippen molar-refractivity contribution < 1.29 is 27.9 Å². The molecule has 0 radical (unpaired) electrons. The highest BCUT2D eigenvalue weighted by atomic mass is 32.2. The summed E-state index contributed by atoms with van der Waals surface area (Å²) in [5.74, 6) is -5.02. The molecule has 4 rings (SSSR count). The van der Waals surface area contributed by atoms with Crippen LogP contribution >= 0.6 is 11.9 Å². The average Bonchev–Trinajstić information content (AvgIpc) is 2.72. The minimum Gasteiger partial charge on any atom is -0.393 e. The molecular weight excluding hydrogens is 431 g/mol. The topological polar surface area (TPSA) is 81.7 Å². The lowest BCUT2D eigenvalue weighted by Crippen LogP contribution is -2.42. The Morgan fingerprint density at radius 3 is 2.42 bits per heavy atom. The molecule has 2 aromatic carbocycles. The Morgan fingerprint density at radius 1 is 1.13 bits per heavy atom. The van der Waals surface area contributed by atoms with Gasteiger partial charge in [-0.3, -0.25) is 9.10 Å². The number of fused-ring (bicyclic) bond motifs is 1. The summed E-state index contributed by atoms with van der Waals surface area (Å²) >= 11 is 1.22. The van der Waals surface area contributed by atoms with Gasteiger partial charge >= 0.3 is 6.03 Å². The Bertz CT molecular complexity index is 1030. The number of anilines is 2. The standard InChI is InChI=1S/C21H20F3N3O3S/c1-10-6-17-18(31-27(21(30)26-17)12-2-4-13(28)5-3-12)9-14(10)20(29)25-11-7-15(22)19(24)16(23)8-11/h6-9,12-13,28H,2-5H2,1H3,(H,25,29)(H,26,30). The number of urea groups is 1. The first-order chi connectivity index (χ1) is 14.7. The molecule has 1 saturated carbocycles. The normalized spacial score (nSPS) is 20.8.